The highest BCUT2D eigenvalue weighted by Gasteiger charge is 2.25. The molecule has 3 rings (SSSR count). The molecular weight excluding hydrogens is 516 g/mol. The number of primary amides is 1. The number of halogens is 2. The van der Waals surface area contributed by atoms with E-state index in [2.05, 4.69) is 26.8 Å². The number of nitrogens with zero attached hydrogens (tertiary/aromatic N) is 3. The lowest BCUT2D eigenvalue weighted by atomic mass is 10.1. The van der Waals surface area contributed by atoms with Gasteiger partial charge >= 0.3 is 12.6 Å². The van der Waals surface area contributed by atoms with Crippen molar-refractivity contribution >= 4 is 45.9 Å². The van der Waals surface area contributed by atoms with Gasteiger partial charge in [0.1, 0.15) is 10.8 Å². The van der Waals surface area contributed by atoms with Crippen LogP contribution in [-0.2, 0) is 16.1 Å². The van der Waals surface area contributed by atoms with Crippen LogP contribution in [0.15, 0.2) is 42.1 Å². The summed E-state index contributed by atoms with van der Waals surface area (Å²) in [6.07, 6.45) is 1.62. The highest BCUT2D eigenvalue weighted by atomic mass is 32.2. The third-order valence-electron chi connectivity index (χ3n) is 4.71. The molecule has 3 aromatic rings. The highest BCUT2D eigenvalue weighted by molar-refractivity contribution is 7.99. The molecule has 0 saturated carbocycles. The first-order chi connectivity index (χ1) is 17.2. The van der Waals surface area contributed by atoms with E-state index >= 15 is 0 Å². The number of esters is 1. The summed E-state index contributed by atoms with van der Waals surface area (Å²) in [6, 6.07) is 5.90. The standard InChI is InChI=1S/C22H21F2N5O5S2/c1-4-9-29-18(12-5-7-13(8-6-12)34-21(23)24)27-28-22(29)35-10-14(30)26-19-15(20(32)33-3)11(2)16(36-19)17(25)31/h4-8,21H,1,9-10H2,2-3H3,(H2,25,31)(H,26,30). The Labute approximate surface area is 212 Å². The van der Waals surface area contributed by atoms with Crippen molar-refractivity contribution in [1.82, 2.24) is 14.8 Å². The fourth-order valence-electron chi connectivity index (χ4n) is 3.17. The first-order valence-corrected chi connectivity index (χ1v) is 12.0. The number of anilines is 1. The molecule has 0 aliphatic heterocycles. The number of methoxy groups -OCH3 is 1. The van der Waals surface area contributed by atoms with Crippen molar-refractivity contribution in [2.75, 3.05) is 18.2 Å². The minimum atomic E-state index is -2.93. The predicted octanol–water partition coefficient (Wildman–Crippen LogP) is 3.72. The lowest BCUT2D eigenvalue weighted by Crippen LogP contribution is -2.16. The van der Waals surface area contributed by atoms with Crippen molar-refractivity contribution in [1.29, 1.82) is 0 Å². The SMILES string of the molecule is C=CCn1c(SCC(=O)Nc2sc(C(N)=O)c(C)c2C(=O)OC)nnc1-c1ccc(OC(F)F)cc1. The summed E-state index contributed by atoms with van der Waals surface area (Å²) in [4.78, 5) is 36.7. The zero-order valence-corrected chi connectivity index (χ0v) is 20.8. The number of alkyl halides is 2. The van der Waals surface area contributed by atoms with Crippen molar-refractivity contribution in [2.45, 2.75) is 25.2 Å². The van der Waals surface area contributed by atoms with E-state index in [-0.39, 0.29) is 26.9 Å². The van der Waals surface area contributed by atoms with Crippen molar-refractivity contribution in [2.24, 2.45) is 5.73 Å². The maximum atomic E-state index is 12.7. The van der Waals surface area contributed by atoms with Crippen molar-refractivity contribution in [3.63, 3.8) is 0 Å². The molecular formula is C22H21F2N5O5S2. The molecule has 10 nitrogen and oxygen atoms in total. The maximum Gasteiger partial charge on any atom is 0.387 e. The molecule has 0 unspecified atom stereocenters. The van der Waals surface area contributed by atoms with Gasteiger partial charge in [-0.1, -0.05) is 17.8 Å². The number of thiophene rings is 1. The average molecular weight is 538 g/mol. The zero-order valence-electron chi connectivity index (χ0n) is 19.1. The Balaban J connectivity index is 1.77. The molecule has 190 valence electrons. The van der Waals surface area contributed by atoms with E-state index in [0.717, 1.165) is 23.1 Å². The van der Waals surface area contributed by atoms with Crippen LogP contribution in [0.2, 0.25) is 0 Å². The smallest absolute Gasteiger partial charge is 0.387 e. The number of benzene rings is 1. The number of rotatable bonds is 11. The molecule has 0 radical (unpaired) electrons. The molecule has 36 heavy (non-hydrogen) atoms. The second kappa shape index (κ2) is 11.8. The maximum absolute atomic E-state index is 12.7. The second-order valence-corrected chi connectivity index (χ2v) is 9.02. The summed E-state index contributed by atoms with van der Waals surface area (Å²) in [5.41, 5.74) is 6.34. The summed E-state index contributed by atoms with van der Waals surface area (Å²) >= 11 is 1.97. The Hall–Kier alpha value is -3.78. The average Bonchev–Trinajstić information content (AvgIpc) is 3.38. The van der Waals surface area contributed by atoms with Gasteiger partial charge in [0.15, 0.2) is 11.0 Å². The van der Waals surface area contributed by atoms with Crippen molar-refractivity contribution in [3.05, 3.63) is 52.9 Å². The van der Waals surface area contributed by atoms with Crippen LogP contribution in [0.1, 0.15) is 25.6 Å². The molecule has 0 saturated heterocycles. The lowest BCUT2D eigenvalue weighted by Gasteiger charge is -2.09. The van der Waals surface area contributed by atoms with E-state index in [1.54, 1.807) is 29.7 Å². The molecule has 0 fully saturated rings. The van der Waals surface area contributed by atoms with E-state index in [4.69, 9.17) is 10.5 Å². The number of allylic oxidation sites excluding steroid dienone is 1. The molecule has 1 aromatic carbocycles. The monoisotopic (exact) mass is 537 g/mol. The molecule has 0 bridgehead atoms. The van der Waals surface area contributed by atoms with Gasteiger partial charge in [0.25, 0.3) is 5.91 Å². The summed E-state index contributed by atoms with van der Waals surface area (Å²) in [5, 5.41) is 11.5. The molecule has 0 aliphatic rings. The molecule has 2 aromatic heterocycles. The van der Waals surface area contributed by atoms with Crippen LogP contribution in [0.4, 0.5) is 13.8 Å². The van der Waals surface area contributed by atoms with Gasteiger partial charge in [-0.3, -0.25) is 14.2 Å². The van der Waals surface area contributed by atoms with E-state index in [9.17, 15) is 23.2 Å². The quantitative estimate of drug-likeness (QED) is 0.214. The molecule has 14 heteroatoms. The van der Waals surface area contributed by atoms with Crippen LogP contribution in [0.3, 0.4) is 0 Å². The third kappa shape index (κ3) is 6.07. The number of ether oxygens (including phenoxy) is 2. The molecule has 3 N–H and O–H groups in total. The van der Waals surface area contributed by atoms with Crippen LogP contribution in [0, 0.1) is 6.92 Å². The van der Waals surface area contributed by atoms with Crippen LogP contribution in [0.5, 0.6) is 5.75 Å². The lowest BCUT2D eigenvalue weighted by molar-refractivity contribution is -0.113. The number of hydrogen-bond donors (Lipinski definition) is 2. The van der Waals surface area contributed by atoms with E-state index in [0.29, 0.717) is 28.7 Å². The van der Waals surface area contributed by atoms with Gasteiger partial charge in [-0.2, -0.15) is 8.78 Å². The third-order valence-corrected chi connectivity index (χ3v) is 6.90. The van der Waals surface area contributed by atoms with Gasteiger partial charge in [0.05, 0.1) is 23.3 Å². The summed E-state index contributed by atoms with van der Waals surface area (Å²) in [5.74, 6) is -1.56. The normalized spacial score (nSPS) is 10.8. The van der Waals surface area contributed by atoms with Crippen LogP contribution in [0.25, 0.3) is 11.4 Å². The van der Waals surface area contributed by atoms with Crippen LogP contribution in [-0.4, -0.2) is 52.0 Å². The van der Waals surface area contributed by atoms with Crippen LogP contribution < -0.4 is 15.8 Å². The zero-order chi connectivity index (χ0) is 26.4. The predicted molar refractivity (Wildman–Crippen MR) is 131 cm³/mol. The number of hydrogen-bond acceptors (Lipinski definition) is 9. The van der Waals surface area contributed by atoms with Crippen molar-refractivity contribution in [3.8, 4) is 17.1 Å². The largest absolute Gasteiger partial charge is 0.465 e. The molecule has 0 aliphatic carbocycles. The number of nitrogens with two attached hydrogens (primary N) is 1. The van der Waals surface area contributed by atoms with Gasteiger partial charge in [0, 0.05) is 12.1 Å². The van der Waals surface area contributed by atoms with E-state index < -0.39 is 24.4 Å². The minimum absolute atomic E-state index is 0.00411. The molecule has 2 amide bonds. The van der Waals surface area contributed by atoms with Gasteiger partial charge in [0.2, 0.25) is 5.91 Å². The number of carbonyl (C=O) groups is 3. The fourth-order valence-corrected chi connectivity index (χ4v) is 4.98. The summed E-state index contributed by atoms with van der Waals surface area (Å²) in [7, 11) is 1.19. The van der Waals surface area contributed by atoms with Gasteiger partial charge < -0.3 is 20.5 Å². The van der Waals surface area contributed by atoms with Crippen molar-refractivity contribution < 1.29 is 32.6 Å². The van der Waals surface area contributed by atoms with Gasteiger partial charge in [-0.05, 0) is 36.8 Å². The number of carbonyl (C=O) groups excluding carboxylic acids is 3. The number of amides is 2. The van der Waals surface area contributed by atoms with Gasteiger partial charge in [-0.25, -0.2) is 4.79 Å². The highest BCUT2D eigenvalue weighted by Crippen LogP contribution is 2.34. The Bertz CT molecular complexity index is 1290. The minimum Gasteiger partial charge on any atom is -0.465 e. The Kier molecular flexibility index (Phi) is 8.77. The molecule has 0 atom stereocenters. The van der Waals surface area contributed by atoms with Gasteiger partial charge in [-0.15, -0.1) is 28.1 Å². The molecule has 2 heterocycles. The van der Waals surface area contributed by atoms with E-state index in [1.807, 2.05) is 0 Å². The Morgan fingerprint density at radius 2 is 1.97 bits per heavy atom. The number of aromatic nitrogens is 3. The topological polar surface area (TPSA) is 138 Å². The first kappa shape index (κ1) is 26.8. The van der Waals surface area contributed by atoms with E-state index in [1.165, 1.54) is 19.2 Å². The Morgan fingerprint density at radius 3 is 2.56 bits per heavy atom. The summed E-state index contributed by atoms with van der Waals surface area (Å²) in [6.45, 7) is 2.65. The molecule has 0 spiro atoms. The Morgan fingerprint density at radius 1 is 1.28 bits per heavy atom. The second-order valence-electron chi connectivity index (χ2n) is 7.06. The number of thioether (sulfide) groups is 1. The fraction of sp³-hybridized carbons (Fsp3) is 0.227. The van der Waals surface area contributed by atoms with Crippen LogP contribution >= 0.6 is 23.1 Å². The number of nitrogens with one attached hydrogen (secondary N) is 1. The first-order valence-electron chi connectivity index (χ1n) is 10.2. The summed E-state index contributed by atoms with van der Waals surface area (Å²) < 4.78 is 35.6.